The van der Waals surface area contributed by atoms with Gasteiger partial charge in [0.25, 0.3) is 0 Å². The molecule has 0 aromatic carbocycles. The first-order chi connectivity index (χ1) is 8.74. The lowest BCUT2D eigenvalue weighted by molar-refractivity contribution is 0.0202. The van der Waals surface area contributed by atoms with E-state index in [0.717, 1.165) is 31.0 Å². The summed E-state index contributed by atoms with van der Waals surface area (Å²) in [6.45, 7) is 6.70. The van der Waals surface area contributed by atoms with Crippen LogP contribution in [-0.4, -0.2) is 25.3 Å². The van der Waals surface area contributed by atoms with Gasteiger partial charge in [0.2, 0.25) is 0 Å². The molecule has 18 heavy (non-hydrogen) atoms. The average Bonchev–Trinajstić information content (AvgIpc) is 2.37. The van der Waals surface area contributed by atoms with E-state index in [0.29, 0.717) is 6.10 Å². The summed E-state index contributed by atoms with van der Waals surface area (Å²) in [6.07, 6.45) is 11.4. The Hall–Kier alpha value is -0.0800. The predicted molar refractivity (Wildman–Crippen MR) is 76.8 cm³/mol. The maximum Gasteiger partial charge on any atom is 0.0594 e. The van der Waals surface area contributed by atoms with Crippen molar-refractivity contribution in [3.05, 3.63) is 0 Å². The van der Waals surface area contributed by atoms with Crippen LogP contribution in [0.2, 0.25) is 0 Å². The minimum absolute atomic E-state index is 0.549. The second-order valence-corrected chi connectivity index (χ2v) is 6.68. The summed E-state index contributed by atoms with van der Waals surface area (Å²) in [5.74, 6) is 1.84. The van der Waals surface area contributed by atoms with E-state index in [4.69, 9.17) is 4.74 Å². The van der Waals surface area contributed by atoms with Gasteiger partial charge in [-0.2, -0.15) is 0 Å². The van der Waals surface area contributed by atoms with Crippen molar-refractivity contribution in [1.82, 2.24) is 5.32 Å². The van der Waals surface area contributed by atoms with Crippen molar-refractivity contribution in [2.24, 2.45) is 11.8 Å². The molecule has 0 aromatic rings. The zero-order valence-corrected chi connectivity index (χ0v) is 12.3. The molecule has 2 nitrogen and oxygen atoms in total. The van der Waals surface area contributed by atoms with Crippen LogP contribution >= 0.6 is 0 Å². The van der Waals surface area contributed by atoms with Crippen molar-refractivity contribution < 1.29 is 4.74 Å². The molecule has 1 N–H and O–H groups in total. The lowest BCUT2D eigenvalue weighted by Gasteiger charge is -2.29. The van der Waals surface area contributed by atoms with Gasteiger partial charge in [-0.15, -0.1) is 0 Å². The summed E-state index contributed by atoms with van der Waals surface area (Å²) < 4.78 is 5.99. The van der Waals surface area contributed by atoms with Crippen LogP contribution in [0.4, 0.5) is 0 Å². The van der Waals surface area contributed by atoms with Gasteiger partial charge < -0.3 is 10.1 Å². The molecule has 0 aromatic heterocycles. The van der Waals surface area contributed by atoms with Gasteiger partial charge >= 0.3 is 0 Å². The van der Waals surface area contributed by atoms with Crippen LogP contribution in [0.15, 0.2) is 0 Å². The fraction of sp³-hybridized carbons (Fsp3) is 1.00. The molecular formula is C16H31NO. The summed E-state index contributed by atoms with van der Waals surface area (Å²) in [5, 5.41) is 3.68. The van der Waals surface area contributed by atoms with Crippen molar-refractivity contribution in [3.8, 4) is 0 Å². The molecule has 0 amide bonds. The third-order valence-corrected chi connectivity index (χ3v) is 4.79. The van der Waals surface area contributed by atoms with Gasteiger partial charge in [-0.3, -0.25) is 0 Å². The molecule has 2 saturated carbocycles. The van der Waals surface area contributed by atoms with Gasteiger partial charge in [0, 0.05) is 12.6 Å². The Morgan fingerprint density at radius 3 is 2.44 bits per heavy atom. The average molecular weight is 253 g/mol. The van der Waals surface area contributed by atoms with Crippen molar-refractivity contribution in [2.45, 2.75) is 77.4 Å². The SMILES string of the molecule is CC1CCC(OCCNC2CCCC(C)C2)CC1. The minimum atomic E-state index is 0.549. The molecule has 0 bridgehead atoms. The third-order valence-electron chi connectivity index (χ3n) is 4.79. The molecule has 2 aliphatic rings. The van der Waals surface area contributed by atoms with Gasteiger partial charge in [0.1, 0.15) is 0 Å². The van der Waals surface area contributed by atoms with Crippen molar-refractivity contribution >= 4 is 0 Å². The molecule has 106 valence electrons. The molecule has 0 spiro atoms. The molecule has 2 unspecified atom stereocenters. The van der Waals surface area contributed by atoms with E-state index in [1.807, 2.05) is 0 Å². The molecule has 2 heteroatoms. The van der Waals surface area contributed by atoms with Crippen LogP contribution in [0.1, 0.15) is 65.2 Å². The number of hydrogen-bond donors (Lipinski definition) is 1. The van der Waals surface area contributed by atoms with Gasteiger partial charge in [-0.1, -0.05) is 26.7 Å². The smallest absolute Gasteiger partial charge is 0.0594 e. The normalized spacial score (nSPS) is 37.7. The van der Waals surface area contributed by atoms with Crippen LogP contribution in [0, 0.1) is 11.8 Å². The highest BCUT2D eigenvalue weighted by Crippen LogP contribution is 2.25. The number of hydrogen-bond acceptors (Lipinski definition) is 2. The van der Waals surface area contributed by atoms with Crippen molar-refractivity contribution in [1.29, 1.82) is 0 Å². The first-order valence-electron chi connectivity index (χ1n) is 8.09. The number of rotatable bonds is 5. The first-order valence-corrected chi connectivity index (χ1v) is 8.09. The van der Waals surface area contributed by atoms with Crippen molar-refractivity contribution in [2.75, 3.05) is 13.2 Å². The molecule has 0 aliphatic heterocycles. The molecule has 0 heterocycles. The Bertz CT molecular complexity index is 223. The lowest BCUT2D eigenvalue weighted by atomic mass is 9.87. The van der Waals surface area contributed by atoms with Crippen molar-refractivity contribution in [3.63, 3.8) is 0 Å². The Morgan fingerprint density at radius 2 is 1.72 bits per heavy atom. The van der Waals surface area contributed by atoms with Crippen LogP contribution in [0.5, 0.6) is 0 Å². The van der Waals surface area contributed by atoms with Crippen LogP contribution in [-0.2, 0) is 4.74 Å². The van der Waals surface area contributed by atoms with Gasteiger partial charge in [0.05, 0.1) is 12.7 Å². The fourth-order valence-corrected chi connectivity index (χ4v) is 3.50. The number of nitrogens with one attached hydrogen (secondary N) is 1. The van der Waals surface area contributed by atoms with E-state index in [2.05, 4.69) is 19.2 Å². The second-order valence-electron chi connectivity index (χ2n) is 6.68. The van der Waals surface area contributed by atoms with Gasteiger partial charge in [-0.25, -0.2) is 0 Å². The first kappa shape index (κ1) is 14.3. The van der Waals surface area contributed by atoms with Crippen LogP contribution in [0.3, 0.4) is 0 Å². The topological polar surface area (TPSA) is 21.3 Å². The minimum Gasteiger partial charge on any atom is -0.377 e. The maximum absolute atomic E-state index is 5.99. The summed E-state index contributed by atoms with van der Waals surface area (Å²) in [4.78, 5) is 0. The summed E-state index contributed by atoms with van der Waals surface area (Å²) in [7, 11) is 0. The summed E-state index contributed by atoms with van der Waals surface area (Å²) in [5.41, 5.74) is 0. The van der Waals surface area contributed by atoms with Crippen LogP contribution in [0.25, 0.3) is 0 Å². The predicted octanol–water partition coefficient (Wildman–Crippen LogP) is 3.75. The molecule has 2 fully saturated rings. The van der Waals surface area contributed by atoms with E-state index in [-0.39, 0.29) is 0 Å². The Balaban J connectivity index is 1.50. The van der Waals surface area contributed by atoms with E-state index < -0.39 is 0 Å². The van der Waals surface area contributed by atoms with E-state index in [9.17, 15) is 0 Å². The summed E-state index contributed by atoms with van der Waals surface area (Å²) >= 11 is 0. The zero-order valence-electron chi connectivity index (χ0n) is 12.3. The highest BCUT2D eigenvalue weighted by molar-refractivity contribution is 4.76. The zero-order chi connectivity index (χ0) is 12.8. The molecule has 0 radical (unpaired) electrons. The third kappa shape index (κ3) is 4.89. The Kier molecular flexibility index (Phi) is 5.97. The van der Waals surface area contributed by atoms with E-state index >= 15 is 0 Å². The molecule has 2 rings (SSSR count). The number of ether oxygens (including phenoxy) is 1. The Labute approximate surface area is 113 Å². The maximum atomic E-state index is 5.99. The molecule has 2 aliphatic carbocycles. The molecular weight excluding hydrogens is 222 g/mol. The molecule has 2 atom stereocenters. The standard InChI is InChI=1S/C16H31NO/c1-13-6-8-16(9-7-13)18-11-10-17-15-5-3-4-14(2)12-15/h13-17H,3-12H2,1-2H3. The highest BCUT2D eigenvalue weighted by Gasteiger charge is 2.20. The quantitative estimate of drug-likeness (QED) is 0.753. The highest BCUT2D eigenvalue weighted by atomic mass is 16.5. The largest absolute Gasteiger partial charge is 0.377 e. The summed E-state index contributed by atoms with van der Waals surface area (Å²) in [6, 6.07) is 0.753. The Morgan fingerprint density at radius 1 is 0.944 bits per heavy atom. The monoisotopic (exact) mass is 253 g/mol. The second kappa shape index (κ2) is 7.49. The lowest BCUT2D eigenvalue weighted by Crippen LogP contribution is -2.36. The van der Waals surface area contributed by atoms with E-state index in [1.165, 1.54) is 51.4 Å². The van der Waals surface area contributed by atoms with Gasteiger partial charge in [0.15, 0.2) is 0 Å². The molecule has 0 saturated heterocycles. The van der Waals surface area contributed by atoms with E-state index in [1.54, 1.807) is 0 Å². The fourth-order valence-electron chi connectivity index (χ4n) is 3.50. The van der Waals surface area contributed by atoms with Gasteiger partial charge in [-0.05, 0) is 50.4 Å². The van der Waals surface area contributed by atoms with Crippen LogP contribution < -0.4 is 5.32 Å².